The van der Waals surface area contributed by atoms with E-state index in [1.807, 2.05) is 0 Å². The fraction of sp³-hybridized carbons (Fsp3) is 1.00. The zero-order valence-corrected chi connectivity index (χ0v) is 9.53. The summed E-state index contributed by atoms with van der Waals surface area (Å²) < 4.78 is 45.6. The molecule has 2 unspecified atom stereocenters. The van der Waals surface area contributed by atoms with E-state index < -0.39 is 22.4 Å². The summed E-state index contributed by atoms with van der Waals surface area (Å²) in [4.78, 5) is 0. The molecule has 0 aliphatic heterocycles. The summed E-state index contributed by atoms with van der Waals surface area (Å²) >= 11 is -2.54. The van der Waals surface area contributed by atoms with Crippen LogP contribution in [0, 0.1) is 0 Å². The molecular formula is C9H17F2NO2S. The van der Waals surface area contributed by atoms with Crippen LogP contribution in [0.15, 0.2) is 0 Å². The minimum atomic E-state index is -3.17. The largest absolute Gasteiger partial charge is 0.305 e. The van der Waals surface area contributed by atoms with E-state index in [2.05, 4.69) is 5.32 Å². The lowest BCUT2D eigenvalue weighted by Gasteiger charge is -2.29. The summed E-state index contributed by atoms with van der Waals surface area (Å²) in [7, 11) is 0. The molecule has 15 heavy (non-hydrogen) atoms. The average Bonchev–Trinajstić information content (AvgIpc) is 2.13. The van der Waals surface area contributed by atoms with Crippen molar-refractivity contribution in [1.82, 2.24) is 5.32 Å². The van der Waals surface area contributed by atoms with Crippen molar-refractivity contribution in [2.24, 2.45) is 0 Å². The lowest BCUT2D eigenvalue weighted by atomic mass is 9.95. The molecule has 0 aromatic heterocycles. The SMILES string of the molecule is CC(F)(F)C(NC1CCCCC1)S(=O)O. The number of alkyl halides is 2. The van der Waals surface area contributed by atoms with Gasteiger partial charge in [0.2, 0.25) is 0 Å². The topological polar surface area (TPSA) is 49.3 Å². The van der Waals surface area contributed by atoms with E-state index in [1.165, 1.54) is 0 Å². The van der Waals surface area contributed by atoms with E-state index in [4.69, 9.17) is 4.55 Å². The molecule has 0 amide bonds. The van der Waals surface area contributed by atoms with Crippen LogP contribution in [0.3, 0.4) is 0 Å². The molecule has 6 heteroatoms. The Morgan fingerprint density at radius 1 is 1.40 bits per heavy atom. The van der Waals surface area contributed by atoms with Crippen LogP contribution in [0.1, 0.15) is 39.0 Å². The number of hydrogen-bond acceptors (Lipinski definition) is 2. The smallest absolute Gasteiger partial charge is 0.274 e. The number of hydrogen-bond donors (Lipinski definition) is 2. The molecular weight excluding hydrogens is 224 g/mol. The minimum Gasteiger partial charge on any atom is -0.305 e. The Hall–Kier alpha value is -0.0700. The van der Waals surface area contributed by atoms with Gasteiger partial charge in [-0.1, -0.05) is 19.3 Å². The molecule has 1 fully saturated rings. The van der Waals surface area contributed by atoms with Crippen molar-refractivity contribution < 1.29 is 17.5 Å². The first-order valence-corrected chi connectivity index (χ1v) is 6.32. The van der Waals surface area contributed by atoms with E-state index in [9.17, 15) is 13.0 Å². The maximum absolute atomic E-state index is 13.0. The summed E-state index contributed by atoms with van der Waals surface area (Å²) in [5.74, 6) is -3.17. The molecule has 1 rings (SSSR count). The molecule has 1 aliphatic carbocycles. The maximum Gasteiger partial charge on any atom is 0.274 e. The molecule has 2 N–H and O–H groups in total. The van der Waals surface area contributed by atoms with Gasteiger partial charge in [0, 0.05) is 13.0 Å². The Balaban J connectivity index is 2.54. The maximum atomic E-state index is 13.0. The first kappa shape index (κ1) is 13.0. The van der Waals surface area contributed by atoms with Gasteiger partial charge >= 0.3 is 0 Å². The van der Waals surface area contributed by atoms with Crippen molar-refractivity contribution in [3.05, 3.63) is 0 Å². The highest BCUT2D eigenvalue weighted by Crippen LogP contribution is 2.23. The monoisotopic (exact) mass is 241 g/mol. The van der Waals surface area contributed by atoms with E-state index in [-0.39, 0.29) is 6.04 Å². The first-order valence-electron chi connectivity index (χ1n) is 5.15. The molecule has 0 saturated heterocycles. The number of halogens is 2. The summed E-state index contributed by atoms with van der Waals surface area (Å²) in [5.41, 5.74) is 0. The predicted molar refractivity (Wildman–Crippen MR) is 55.2 cm³/mol. The van der Waals surface area contributed by atoms with Crippen molar-refractivity contribution in [3.8, 4) is 0 Å². The van der Waals surface area contributed by atoms with Gasteiger partial charge < -0.3 is 4.55 Å². The third-order valence-corrected chi connectivity index (χ3v) is 3.61. The molecule has 0 heterocycles. The predicted octanol–water partition coefficient (Wildman–Crippen LogP) is 2.11. The summed E-state index contributed by atoms with van der Waals surface area (Å²) in [5, 5.41) is 0.943. The second-order valence-electron chi connectivity index (χ2n) is 4.11. The second kappa shape index (κ2) is 5.32. The molecule has 1 aliphatic rings. The second-order valence-corrected chi connectivity index (χ2v) is 5.14. The Morgan fingerprint density at radius 3 is 2.33 bits per heavy atom. The molecule has 2 atom stereocenters. The van der Waals surface area contributed by atoms with Gasteiger partial charge in [-0.3, -0.25) is 5.32 Å². The summed E-state index contributed by atoms with van der Waals surface area (Å²) in [6, 6.07) is -0.0503. The van der Waals surface area contributed by atoms with Crippen LogP contribution in [-0.2, 0) is 11.1 Å². The van der Waals surface area contributed by atoms with Crippen LogP contribution in [0.4, 0.5) is 8.78 Å². The van der Waals surface area contributed by atoms with Crippen molar-refractivity contribution >= 4 is 11.1 Å². The van der Waals surface area contributed by atoms with Gasteiger partial charge in [-0.2, -0.15) is 0 Å². The van der Waals surface area contributed by atoms with Crippen molar-refractivity contribution in [1.29, 1.82) is 0 Å². The normalized spacial score (nSPS) is 23.7. The molecule has 0 bridgehead atoms. The third kappa shape index (κ3) is 4.12. The molecule has 0 aromatic rings. The Labute approximate surface area is 90.9 Å². The molecule has 0 aromatic carbocycles. The highest BCUT2D eigenvalue weighted by atomic mass is 32.2. The summed E-state index contributed by atoms with van der Waals surface area (Å²) in [6.07, 6.45) is 4.73. The van der Waals surface area contributed by atoms with Gasteiger partial charge in [0.1, 0.15) is 0 Å². The van der Waals surface area contributed by atoms with Crippen molar-refractivity contribution in [2.45, 2.75) is 56.4 Å². The zero-order valence-electron chi connectivity index (χ0n) is 8.71. The Morgan fingerprint density at radius 2 is 1.93 bits per heavy atom. The fourth-order valence-corrected chi connectivity index (χ4v) is 2.53. The van der Waals surface area contributed by atoms with Gasteiger partial charge in [-0.25, -0.2) is 13.0 Å². The molecule has 90 valence electrons. The van der Waals surface area contributed by atoms with Gasteiger partial charge in [0.15, 0.2) is 16.5 Å². The Kier molecular flexibility index (Phi) is 4.61. The zero-order chi connectivity index (χ0) is 11.5. The van der Waals surface area contributed by atoms with E-state index in [0.717, 1.165) is 32.1 Å². The van der Waals surface area contributed by atoms with Crippen LogP contribution in [0.25, 0.3) is 0 Å². The van der Waals surface area contributed by atoms with E-state index in [0.29, 0.717) is 6.92 Å². The van der Waals surface area contributed by atoms with Crippen LogP contribution < -0.4 is 5.32 Å². The molecule has 0 radical (unpaired) electrons. The molecule has 3 nitrogen and oxygen atoms in total. The lowest BCUT2D eigenvalue weighted by Crippen LogP contribution is -2.50. The number of nitrogens with one attached hydrogen (secondary N) is 1. The highest BCUT2D eigenvalue weighted by Gasteiger charge is 2.40. The lowest BCUT2D eigenvalue weighted by molar-refractivity contribution is 0.00307. The summed E-state index contributed by atoms with van der Waals surface area (Å²) in [6.45, 7) is 0.668. The van der Waals surface area contributed by atoms with E-state index >= 15 is 0 Å². The van der Waals surface area contributed by atoms with Crippen molar-refractivity contribution in [3.63, 3.8) is 0 Å². The van der Waals surface area contributed by atoms with Crippen LogP contribution in [0.2, 0.25) is 0 Å². The van der Waals surface area contributed by atoms with Crippen LogP contribution in [-0.4, -0.2) is 26.1 Å². The third-order valence-electron chi connectivity index (χ3n) is 2.65. The van der Waals surface area contributed by atoms with Crippen LogP contribution in [0.5, 0.6) is 0 Å². The van der Waals surface area contributed by atoms with Gasteiger partial charge in [-0.15, -0.1) is 0 Å². The first-order chi connectivity index (χ1) is 6.91. The highest BCUT2D eigenvalue weighted by molar-refractivity contribution is 7.79. The number of rotatable bonds is 4. The standard InChI is InChI=1S/C9H17F2NO2S/c1-9(10,11)8(15(13)14)12-7-5-3-2-4-6-7/h7-8,12H,2-6H2,1H3,(H,13,14). The van der Waals surface area contributed by atoms with E-state index in [1.54, 1.807) is 0 Å². The van der Waals surface area contributed by atoms with Crippen molar-refractivity contribution in [2.75, 3.05) is 0 Å². The molecule has 0 spiro atoms. The van der Waals surface area contributed by atoms with Gasteiger partial charge in [0.05, 0.1) is 0 Å². The quantitative estimate of drug-likeness (QED) is 0.741. The minimum absolute atomic E-state index is 0.0503. The van der Waals surface area contributed by atoms with Crippen LogP contribution >= 0.6 is 0 Å². The average molecular weight is 241 g/mol. The Bertz CT molecular complexity index is 227. The molecule has 1 saturated carbocycles. The fourth-order valence-electron chi connectivity index (χ4n) is 1.86. The van der Waals surface area contributed by atoms with Gasteiger partial charge in [-0.05, 0) is 12.8 Å². The van der Waals surface area contributed by atoms with Gasteiger partial charge in [0.25, 0.3) is 5.92 Å².